The first-order chi connectivity index (χ1) is 16.6. The molecule has 7 heteroatoms. The molecule has 1 unspecified atom stereocenters. The number of fused-ring (bicyclic) bond motifs is 1. The Kier molecular flexibility index (Phi) is 6.18. The zero-order valence-electron chi connectivity index (χ0n) is 19.0. The van der Waals surface area contributed by atoms with Gasteiger partial charge in [0.25, 0.3) is 5.91 Å². The molecule has 172 valence electrons. The molecule has 34 heavy (non-hydrogen) atoms. The second-order valence-corrected chi connectivity index (χ2v) is 9.17. The van der Waals surface area contributed by atoms with E-state index < -0.39 is 0 Å². The number of para-hydroxylation sites is 1. The van der Waals surface area contributed by atoms with Crippen LogP contribution in [-0.2, 0) is 6.61 Å². The SMILES string of the molecule is Cc1noc(C)c1COc1cccc(C(=O)NCC(c2cccs2)c2c[nH]c3ccccc23)c1. The summed E-state index contributed by atoms with van der Waals surface area (Å²) in [6, 6.07) is 19.6. The number of carbonyl (C=O) groups is 1. The standard InChI is InChI=1S/C27H25N3O3S/c1-17-24(18(2)33-30-17)16-32-20-8-5-7-19(13-20)27(31)29-15-23(26-11-6-12-34-26)22-14-28-25-10-4-3-9-21(22)25/h3-14,23,28H,15-16H2,1-2H3,(H,29,31). The quantitative estimate of drug-likeness (QED) is 0.292. The van der Waals surface area contributed by atoms with Gasteiger partial charge in [-0.3, -0.25) is 4.79 Å². The third-order valence-electron chi connectivity index (χ3n) is 6.01. The number of nitrogens with one attached hydrogen (secondary N) is 2. The number of aromatic nitrogens is 2. The van der Waals surface area contributed by atoms with Gasteiger partial charge in [-0.25, -0.2) is 0 Å². The van der Waals surface area contributed by atoms with Crippen LogP contribution in [0, 0.1) is 13.8 Å². The summed E-state index contributed by atoms with van der Waals surface area (Å²) in [6.45, 7) is 4.58. The molecule has 6 nitrogen and oxygen atoms in total. The minimum atomic E-state index is -0.135. The van der Waals surface area contributed by atoms with E-state index in [0.29, 0.717) is 24.5 Å². The first-order valence-corrected chi connectivity index (χ1v) is 12.0. The van der Waals surface area contributed by atoms with Gasteiger partial charge < -0.3 is 19.6 Å². The number of H-pyrrole nitrogens is 1. The van der Waals surface area contributed by atoms with Crippen LogP contribution in [-0.4, -0.2) is 22.6 Å². The summed E-state index contributed by atoms with van der Waals surface area (Å²) in [4.78, 5) is 17.6. The Balaban J connectivity index is 1.31. The van der Waals surface area contributed by atoms with E-state index in [1.165, 1.54) is 15.8 Å². The zero-order chi connectivity index (χ0) is 23.5. The van der Waals surface area contributed by atoms with Gasteiger partial charge in [0, 0.05) is 40.0 Å². The molecule has 3 heterocycles. The molecule has 0 aliphatic heterocycles. The highest BCUT2D eigenvalue weighted by atomic mass is 32.1. The Morgan fingerprint density at radius 3 is 2.82 bits per heavy atom. The molecule has 1 amide bonds. The van der Waals surface area contributed by atoms with Gasteiger partial charge in [-0.2, -0.15) is 0 Å². The highest BCUT2D eigenvalue weighted by molar-refractivity contribution is 7.10. The highest BCUT2D eigenvalue weighted by Gasteiger charge is 2.20. The number of hydrogen-bond donors (Lipinski definition) is 2. The lowest BCUT2D eigenvalue weighted by Gasteiger charge is -2.16. The van der Waals surface area contributed by atoms with Gasteiger partial charge in [-0.05, 0) is 55.1 Å². The van der Waals surface area contributed by atoms with E-state index in [9.17, 15) is 4.79 Å². The van der Waals surface area contributed by atoms with Crippen LogP contribution in [0.3, 0.4) is 0 Å². The van der Waals surface area contributed by atoms with Crippen molar-refractivity contribution in [3.05, 3.63) is 105 Å². The molecule has 0 radical (unpaired) electrons. The van der Waals surface area contributed by atoms with E-state index in [0.717, 1.165) is 22.5 Å². The Morgan fingerprint density at radius 2 is 2.03 bits per heavy atom. The maximum atomic E-state index is 13.0. The number of aromatic amines is 1. The Labute approximate surface area is 201 Å². The summed E-state index contributed by atoms with van der Waals surface area (Å²) in [5, 5.41) is 10.3. The first kappa shape index (κ1) is 22.0. The number of amides is 1. The van der Waals surface area contributed by atoms with Gasteiger partial charge in [-0.15, -0.1) is 11.3 Å². The van der Waals surface area contributed by atoms with Crippen LogP contribution in [0.25, 0.3) is 10.9 Å². The second kappa shape index (κ2) is 9.57. The average Bonchev–Trinajstić information content (AvgIpc) is 3.60. The molecule has 2 aromatic carbocycles. The molecule has 0 fully saturated rings. The normalized spacial score (nSPS) is 12.1. The summed E-state index contributed by atoms with van der Waals surface area (Å²) in [6.07, 6.45) is 2.05. The largest absolute Gasteiger partial charge is 0.489 e. The van der Waals surface area contributed by atoms with Crippen molar-refractivity contribution >= 4 is 28.1 Å². The number of carbonyl (C=O) groups excluding carboxylic acids is 1. The number of rotatable bonds is 8. The van der Waals surface area contributed by atoms with E-state index in [1.807, 2.05) is 50.4 Å². The summed E-state index contributed by atoms with van der Waals surface area (Å²) >= 11 is 1.70. The molecule has 2 N–H and O–H groups in total. The van der Waals surface area contributed by atoms with Crippen molar-refractivity contribution < 1.29 is 14.1 Å². The number of hydrogen-bond acceptors (Lipinski definition) is 5. The summed E-state index contributed by atoms with van der Waals surface area (Å²) in [5.74, 6) is 1.28. The molecule has 0 saturated carbocycles. The summed E-state index contributed by atoms with van der Waals surface area (Å²) < 4.78 is 11.1. The van der Waals surface area contributed by atoms with Crippen LogP contribution in [0.4, 0.5) is 0 Å². The Bertz CT molecular complexity index is 1400. The molecule has 0 bridgehead atoms. The maximum Gasteiger partial charge on any atom is 0.251 e. The van der Waals surface area contributed by atoms with Crippen molar-refractivity contribution in [2.75, 3.05) is 6.54 Å². The van der Waals surface area contributed by atoms with Gasteiger partial charge in [0.2, 0.25) is 0 Å². The molecule has 5 aromatic rings. The van der Waals surface area contributed by atoms with Crippen molar-refractivity contribution in [3.63, 3.8) is 0 Å². The predicted octanol–water partition coefficient (Wildman–Crippen LogP) is 5.98. The maximum absolute atomic E-state index is 13.0. The molecule has 0 spiro atoms. The van der Waals surface area contributed by atoms with E-state index in [4.69, 9.17) is 9.26 Å². The molecular formula is C27H25N3O3S. The van der Waals surface area contributed by atoms with Gasteiger partial charge in [0.15, 0.2) is 0 Å². The average molecular weight is 472 g/mol. The van der Waals surface area contributed by atoms with Crippen LogP contribution in [0.5, 0.6) is 5.75 Å². The fourth-order valence-corrected chi connectivity index (χ4v) is 4.97. The lowest BCUT2D eigenvalue weighted by Crippen LogP contribution is -2.28. The molecule has 5 rings (SSSR count). The fraction of sp³-hybridized carbons (Fsp3) is 0.185. The van der Waals surface area contributed by atoms with Crippen LogP contribution < -0.4 is 10.1 Å². The van der Waals surface area contributed by atoms with Crippen LogP contribution in [0.15, 0.2) is 76.8 Å². The Hall–Kier alpha value is -3.84. The molecule has 0 aliphatic carbocycles. The molecule has 1 atom stereocenters. The third kappa shape index (κ3) is 4.47. The summed E-state index contributed by atoms with van der Waals surface area (Å²) in [7, 11) is 0. The van der Waals surface area contributed by atoms with Crippen molar-refractivity contribution in [1.29, 1.82) is 0 Å². The molecule has 0 saturated heterocycles. The molecular weight excluding hydrogens is 446 g/mol. The number of aryl methyl sites for hydroxylation is 2. The topological polar surface area (TPSA) is 80.2 Å². The predicted molar refractivity (Wildman–Crippen MR) is 134 cm³/mol. The van der Waals surface area contributed by atoms with E-state index in [1.54, 1.807) is 23.5 Å². The smallest absolute Gasteiger partial charge is 0.251 e. The zero-order valence-corrected chi connectivity index (χ0v) is 19.8. The first-order valence-electron chi connectivity index (χ1n) is 11.1. The van der Waals surface area contributed by atoms with E-state index in [-0.39, 0.29) is 11.8 Å². The highest BCUT2D eigenvalue weighted by Crippen LogP contribution is 2.33. The van der Waals surface area contributed by atoms with Crippen molar-refractivity contribution in [3.8, 4) is 5.75 Å². The number of thiophene rings is 1. The van der Waals surface area contributed by atoms with E-state index >= 15 is 0 Å². The van der Waals surface area contributed by atoms with Crippen LogP contribution >= 0.6 is 11.3 Å². The number of nitrogens with zero attached hydrogens (tertiary/aromatic N) is 1. The Morgan fingerprint density at radius 1 is 1.15 bits per heavy atom. The van der Waals surface area contributed by atoms with Crippen molar-refractivity contribution in [2.45, 2.75) is 26.4 Å². The van der Waals surface area contributed by atoms with Crippen molar-refractivity contribution in [1.82, 2.24) is 15.5 Å². The van der Waals surface area contributed by atoms with Crippen LogP contribution in [0.2, 0.25) is 0 Å². The minimum absolute atomic E-state index is 0.0547. The number of benzene rings is 2. The van der Waals surface area contributed by atoms with Gasteiger partial charge in [-0.1, -0.05) is 35.5 Å². The monoisotopic (exact) mass is 471 g/mol. The third-order valence-corrected chi connectivity index (χ3v) is 7.00. The lowest BCUT2D eigenvalue weighted by atomic mass is 9.96. The van der Waals surface area contributed by atoms with Gasteiger partial charge in [0.05, 0.1) is 11.3 Å². The van der Waals surface area contributed by atoms with Crippen molar-refractivity contribution in [2.24, 2.45) is 0 Å². The fourth-order valence-electron chi connectivity index (χ4n) is 4.12. The van der Waals surface area contributed by atoms with Gasteiger partial charge in [0.1, 0.15) is 18.1 Å². The van der Waals surface area contributed by atoms with Crippen LogP contribution in [0.1, 0.15) is 43.7 Å². The molecule has 0 aliphatic rings. The molecule has 3 aromatic heterocycles. The second-order valence-electron chi connectivity index (χ2n) is 8.19. The van der Waals surface area contributed by atoms with Gasteiger partial charge >= 0.3 is 0 Å². The minimum Gasteiger partial charge on any atom is -0.489 e. The lowest BCUT2D eigenvalue weighted by molar-refractivity contribution is 0.0952. The number of ether oxygens (including phenoxy) is 1. The van der Waals surface area contributed by atoms with E-state index in [2.05, 4.69) is 39.0 Å². The summed E-state index contributed by atoms with van der Waals surface area (Å²) in [5.41, 5.74) is 4.55.